The molecule has 0 atom stereocenters. The van der Waals surface area contributed by atoms with Crippen LogP contribution in [0.5, 0.6) is 0 Å². The summed E-state index contributed by atoms with van der Waals surface area (Å²) in [5.41, 5.74) is 9.49. The van der Waals surface area contributed by atoms with Crippen LogP contribution in [-0.2, 0) is 0 Å². The molecule has 0 saturated carbocycles. The van der Waals surface area contributed by atoms with Crippen molar-refractivity contribution in [3.8, 4) is 50.3 Å². The van der Waals surface area contributed by atoms with Crippen molar-refractivity contribution in [2.24, 2.45) is 0 Å². The fourth-order valence-corrected chi connectivity index (χ4v) is 7.94. The van der Waals surface area contributed by atoms with Crippen LogP contribution in [0.25, 0.3) is 92.4 Å². The maximum Gasteiger partial charge on any atom is 0.116 e. The van der Waals surface area contributed by atoms with Gasteiger partial charge in [0.1, 0.15) is 6.33 Å². The van der Waals surface area contributed by atoms with Crippen LogP contribution in [0.15, 0.2) is 176 Å². The second-order valence-electron chi connectivity index (χ2n) is 12.1. The van der Waals surface area contributed by atoms with Gasteiger partial charge in [0.15, 0.2) is 0 Å². The first-order valence-corrected chi connectivity index (χ1v) is 17.0. The Kier molecular flexibility index (Phi) is 5.03. The fourth-order valence-electron chi connectivity index (χ4n) is 6.80. The van der Waals surface area contributed by atoms with Crippen molar-refractivity contribution in [2.45, 2.75) is 0 Å². The highest BCUT2D eigenvalue weighted by Crippen LogP contribution is 2.41. The molecule has 0 saturated heterocycles. The molecule has 0 amide bonds. The molecule has 3 heterocycles. The molecule has 50 heavy (non-hydrogen) atoms. The van der Waals surface area contributed by atoms with Gasteiger partial charge >= 0.3 is 0 Å². The topological polar surface area (TPSA) is 30.7 Å². The van der Waals surface area contributed by atoms with Crippen molar-refractivity contribution in [3.05, 3.63) is 176 Å². The number of nitrogens with zero attached hydrogens (tertiary/aromatic N) is 3. The zero-order chi connectivity index (χ0) is 40.0. The second kappa shape index (κ2) is 11.7. The number of benzene rings is 7. The van der Waals surface area contributed by atoms with E-state index in [1.165, 1.54) is 22.0 Å². The SMILES string of the molecule is [2H]c1c([2H])c([2H])c2c(c1[2H])c1c([2H])c([2H])c([2H])c([2H])c1n2-c1cccc(-c2ncnc3c2sc2ccc(-c4cccc(-c5ccc(-c6ccccc6)cc5)c4)cc23)c1. The molecule has 0 aliphatic carbocycles. The quantitative estimate of drug-likeness (QED) is 0.183. The summed E-state index contributed by atoms with van der Waals surface area (Å²) in [5, 5.41) is 1.06. The lowest BCUT2D eigenvalue weighted by Crippen LogP contribution is -1.95. The van der Waals surface area contributed by atoms with Crippen molar-refractivity contribution >= 4 is 53.4 Å². The maximum absolute atomic E-state index is 8.91. The Morgan fingerprint density at radius 1 is 0.480 bits per heavy atom. The molecule has 0 unspecified atom stereocenters. The van der Waals surface area contributed by atoms with Crippen molar-refractivity contribution in [2.75, 3.05) is 0 Å². The number of para-hydroxylation sites is 2. The van der Waals surface area contributed by atoms with E-state index in [2.05, 4.69) is 78.9 Å². The summed E-state index contributed by atoms with van der Waals surface area (Å²) in [6.07, 6.45) is 1.54. The predicted molar refractivity (Wildman–Crippen MR) is 211 cm³/mol. The minimum Gasteiger partial charge on any atom is -0.309 e. The molecule has 3 nitrogen and oxygen atoms in total. The highest BCUT2D eigenvalue weighted by molar-refractivity contribution is 7.26. The number of hydrogen-bond acceptors (Lipinski definition) is 3. The minimum absolute atomic E-state index is 0.0367. The van der Waals surface area contributed by atoms with Crippen molar-refractivity contribution in [1.82, 2.24) is 14.5 Å². The first-order chi connectivity index (χ1) is 28.1. The maximum atomic E-state index is 8.91. The van der Waals surface area contributed by atoms with E-state index in [1.54, 1.807) is 23.5 Å². The predicted octanol–water partition coefficient (Wildman–Crippen LogP) is 12.6. The molecule has 3 aromatic heterocycles. The molecular formula is C46H29N3S. The third-order valence-electron chi connectivity index (χ3n) is 9.18. The summed E-state index contributed by atoms with van der Waals surface area (Å²) < 4.78 is 72.5. The molecule has 0 radical (unpaired) electrons. The molecule has 10 aromatic rings. The monoisotopic (exact) mass is 663 g/mol. The average Bonchev–Trinajstić information content (AvgIpc) is 3.83. The second-order valence-corrected chi connectivity index (χ2v) is 13.1. The molecule has 4 heteroatoms. The lowest BCUT2D eigenvalue weighted by atomic mass is 9.96. The molecule has 0 fully saturated rings. The summed E-state index contributed by atoms with van der Waals surface area (Å²) in [5.74, 6) is 0. The Balaban J connectivity index is 1.08. The Bertz CT molecular complexity index is 3250. The van der Waals surface area contributed by atoms with E-state index in [9.17, 15) is 0 Å². The van der Waals surface area contributed by atoms with Gasteiger partial charge in [-0.3, -0.25) is 0 Å². The molecule has 10 rings (SSSR count). The molecule has 234 valence electrons. The highest BCUT2D eigenvalue weighted by atomic mass is 32.1. The summed E-state index contributed by atoms with van der Waals surface area (Å²) in [4.78, 5) is 9.48. The van der Waals surface area contributed by atoms with Gasteiger partial charge in [0, 0.05) is 32.1 Å². The largest absolute Gasteiger partial charge is 0.309 e. The lowest BCUT2D eigenvalue weighted by molar-refractivity contribution is 1.18. The standard InChI is InChI=1S/C46H29N3S/c1-2-10-30(11-3-1)31-20-22-32(23-21-31)33-12-8-13-34(26-33)35-24-25-43-40(28-35)45-46(50-43)44(47-29-48-45)36-14-9-15-37(27-36)49-41-18-6-4-16-38(41)39-17-5-7-19-42(39)49/h1-29H/i4D,5D,6D,7D,16D,17D,18D,19D. The van der Waals surface area contributed by atoms with Gasteiger partial charge in [0.05, 0.1) is 37.9 Å². The number of hydrogen-bond donors (Lipinski definition) is 0. The normalized spacial score (nSPS) is 13.8. The smallest absolute Gasteiger partial charge is 0.116 e. The third-order valence-corrected chi connectivity index (χ3v) is 10.3. The van der Waals surface area contributed by atoms with Crippen LogP contribution in [0.1, 0.15) is 11.0 Å². The van der Waals surface area contributed by atoms with Gasteiger partial charge in [-0.15, -0.1) is 11.3 Å². The molecule has 0 spiro atoms. The highest BCUT2D eigenvalue weighted by Gasteiger charge is 2.16. The van der Waals surface area contributed by atoms with Gasteiger partial charge in [-0.25, -0.2) is 9.97 Å². The average molecular weight is 664 g/mol. The zero-order valence-corrected chi connectivity index (χ0v) is 27.2. The van der Waals surface area contributed by atoms with Crippen LogP contribution in [0.2, 0.25) is 0 Å². The van der Waals surface area contributed by atoms with Crippen molar-refractivity contribution in [3.63, 3.8) is 0 Å². The summed E-state index contributed by atoms with van der Waals surface area (Å²) in [6, 6.07) is 37.9. The summed E-state index contributed by atoms with van der Waals surface area (Å²) in [7, 11) is 0. The Morgan fingerprint density at radius 3 is 1.82 bits per heavy atom. The van der Waals surface area contributed by atoms with Gasteiger partial charge in [-0.2, -0.15) is 0 Å². The van der Waals surface area contributed by atoms with Gasteiger partial charge in [-0.1, -0.05) is 127 Å². The van der Waals surface area contributed by atoms with E-state index in [-0.39, 0.29) is 46.0 Å². The van der Waals surface area contributed by atoms with Crippen LogP contribution in [-0.4, -0.2) is 14.5 Å². The van der Waals surface area contributed by atoms with E-state index < -0.39 is 24.2 Å². The first kappa shape index (κ1) is 21.6. The number of thiophene rings is 1. The lowest BCUT2D eigenvalue weighted by Gasteiger charge is -2.10. The van der Waals surface area contributed by atoms with E-state index in [0.29, 0.717) is 16.9 Å². The molecule has 0 bridgehead atoms. The third kappa shape index (κ3) is 4.73. The zero-order valence-electron chi connectivity index (χ0n) is 34.4. The van der Waals surface area contributed by atoms with Gasteiger partial charge < -0.3 is 4.57 Å². The van der Waals surface area contributed by atoms with Crippen LogP contribution in [0, 0.1) is 0 Å². The van der Waals surface area contributed by atoms with Crippen molar-refractivity contribution < 1.29 is 11.0 Å². The Hall–Kier alpha value is -6.36. The van der Waals surface area contributed by atoms with Gasteiger partial charge in [0.25, 0.3) is 0 Å². The Labute approximate surface area is 304 Å². The molecule has 0 aliphatic rings. The summed E-state index contributed by atoms with van der Waals surface area (Å²) in [6.45, 7) is 0. The number of fused-ring (bicyclic) bond motifs is 6. The van der Waals surface area contributed by atoms with Crippen LogP contribution in [0.4, 0.5) is 0 Å². The van der Waals surface area contributed by atoms with Crippen LogP contribution in [0.3, 0.4) is 0 Å². The van der Waals surface area contributed by atoms with E-state index in [0.717, 1.165) is 42.6 Å². The first-order valence-electron chi connectivity index (χ1n) is 20.2. The van der Waals surface area contributed by atoms with Crippen LogP contribution < -0.4 is 0 Å². The van der Waals surface area contributed by atoms with E-state index in [4.69, 9.17) is 20.9 Å². The van der Waals surface area contributed by atoms with Crippen LogP contribution >= 0.6 is 11.3 Å². The Morgan fingerprint density at radius 2 is 1.06 bits per heavy atom. The fraction of sp³-hybridized carbons (Fsp3) is 0. The van der Waals surface area contributed by atoms with E-state index >= 15 is 0 Å². The number of rotatable bonds is 5. The molecule has 0 aliphatic heterocycles. The molecule has 0 N–H and O–H groups in total. The van der Waals surface area contributed by atoms with Gasteiger partial charge in [-0.05, 0) is 75.8 Å². The van der Waals surface area contributed by atoms with E-state index in [1.807, 2.05) is 30.3 Å². The van der Waals surface area contributed by atoms with Crippen molar-refractivity contribution in [1.29, 1.82) is 0 Å². The number of aromatic nitrogens is 3. The minimum atomic E-state index is -0.476. The molecule has 7 aromatic carbocycles. The van der Waals surface area contributed by atoms with Gasteiger partial charge in [0.2, 0.25) is 0 Å². The summed E-state index contributed by atoms with van der Waals surface area (Å²) >= 11 is 1.58. The molecular weight excluding hydrogens is 627 g/mol.